The maximum atomic E-state index is 12.5. The average molecular weight is 259 g/mol. The number of carbonyl (C=O) groups is 1. The highest BCUT2D eigenvalue weighted by molar-refractivity contribution is 5.99. The van der Waals surface area contributed by atoms with E-state index < -0.39 is 0 Å². The Labute approximate surface area is 115 Å². The van der Waals surface area contributed by atoms with Crippen LogP contribution in [0, 0.1) is 24.2 Å². The van der Waals surface area contributed by atoms with E-state index in [1.807, 2.05) is 39.0 Å². The fraction of sp³-hybridized carbons (Fsp3) is 0.467. The van der Waals surface area contributed by atoms with Crippen molar-refractivity contribution in [3.8, 4) is 6.07 Å². The van der Waals surface area contributed by atoms with Gasteiger partial charge >= 0.3 is 0 Å². The Bertz CT molecular complexity index is 491. The van der Waals surface area contributed by atoms with Crippen LogP contribution < -0.4 is 5.32 Å². The number of nitrogens with zero attached hydrogens (tertiary/aromatic N) is 2. The summed E-state index contributed by atoms with van der Waals surface area (Å²) in [6.45, 7) is 6.80. The van der Waals surface area contributed by atoms with Gasteiger partial charge in [0.2, 0.25) is 0 Å². The van der Waals surface area contributed by atoms with Gasteiger partial charge in [0.25, 0.3) is 5.91 Å². The number of nitrogens with one attached hydrogen (secondary N) is 1. The number of benzene rings is 1. The molecule has 0 saturated heterocycles. The predicted molar refractivity (Wildman–Crippen MR) is 77.1 cm³/mol. The molecule has 19 heavy (non-hydrogen) atoms. The second-order valence-corrected chi connectivity index (χ2v) is 4.67. The fourth-order valence-corrected chi connectivity index (χ4v) is 1.95. The summed E-state index contributed by atoms with van der Waals surface area (Å²) in [5, 5.41) is 11.9. The van der Waals surface area contributed by atoms with Crippen molar-refractivity contribution in [3.63, 3.8) is 0 Å². The molecule has 1 aromatic rings. The van der Waals surface area contributed by atoms with Crippen molar-refractivity contribution in [2.75, 3.05) is 25.5 Å². The molecule has 1 N–H and O–H groups in total. The second-order valence-electron chi connectivity index (χ2n) is 4.67. The van der Waals surface area contributed by atoms with Gasteiger partial charge < -0.3 is 10.2 Å². The maximum absolute atomic E-state index is 12.5. The predicted octanol–water partition coefficient (Wildman–Crippen LogP) is 2.66. The van der Waals surface area contributed by atoms with E-state index in [9.17, 15) is 4.79 Å². The van der Waals surface area contributed by atoms with Crippen molar-refractivity contribution in [3.05, 3.63) is 29.3 Å². The van der Waals surface area contributed by atoms with Crippen LogP contribution in [0.5, 0.6) is 0 Å². The van der Waals surface area contributed by atoms with Gasteiger partial charge in [0, 0.05) is 25.8 Å². The van der Waals surface area contributed by atoms with Gasteiger partial charge in [-0.05, 0) is 38.5 Å². The molecule has 4 nitrogen and oxygen atoms in total. The molecule has 0 saturated carbocycles. The lowest BCUT2D eigenvalue weighted by atomic mass is 10.1. The minimum atomic E-state index is -0.160. The van der Waals surface area contributed by atoms with Crippen LogP contribution in [0.1, 0.15) is 29.8 Å². The van der Waals surface area contributed by atoms with Crippen LogP contribution in [-0.4, -0.2) is 30.9 Å². The summed E-state index contributed by atoms with van der Waals surface area (Å²) in [5.41, 5.74) is 2.59. The van der Waals surface area contributed by atoms with Gasteiger partial charge in [-0.25, -0.2) is 0 Å². The highest BCUT2D eigenvalue weighted by atomic mass is 16.2. The maximum Gasteiger partial charge on any atom is 0.255 e. The van der Waals surface area contributed by atoms with Gasteiger partial charge in [0.05, 0.1) is 17.6 Å². The monoisotopic (exact) mass is 259 g/mol. The minimum Gasteiger partial charge on any atom is -0.387 e. The number of nitriles is 1. The molecule has 0 radical (unpaired) electrons. The van der Waals surface area contributed by atoms with Gasteiger partial charge in [0.15, 0.2) is 0 Å². The number of hydrogen-bond donors (Lipinski definition) is 1. The second kappa shape index (κ2) is 6.79. The number of aryl methyl sites for hydroxylation is 1. The third kappa shape index (κ3) is 3.72. The van der Waals surface area contributed by atoms with E-state index in [-0.39, 0.29) is 11.8 Å². The number of amides is 1. The first kappa shape index (κ1) is 15.0. The Morgan fingerprint density at radius 3 is 2.74 bits per heavy atom. The first-order valence-corrected chi connectivity index (χ1v) is 6.50. The van der Waals surface area contributed by atoms with Crippen LogP contribution in [0.3, 0.4) is 0 Å². The summed E-state index contributed by atoms with van der Waals surface area (Å²) in [6, 6.07) is 7.88. The molecule has 0 aliphatic carbocycles. The SMILES string of the molecule is CCN(CC(C)C#N)C(=O)c1ccc(C)cc1NC. The van der Waals surface area contributed by atoms with E-state index in [0.717, 1.165) is 11.3 Å². The molecule has 1 amide bonds. The van der Waals surface area contributed by atoms with Crippen molar-refractivity contribution in [1.82, 2.24) is 4.90 Å². The van der Waals surface area contributed by atoms with E-state index in [1.54, 1.807) is 11.9 Å². The Morgan fingerprint density at radius 2 is 2.21 bits per heavy atom. The number of hydrogen-bond acceptors (Lipinski definition) is 3. The fourth-order valence-electron chi connectivity index (χ4n) is 1.95. The smallest absolute Gasteiger partial charge is 0.255 e. The molecular weight excluding hydrogens is 238 g/mol. The van der Waals surface area contributed by atoms with E-state index >= 15 is 0 Å². The highest BCUT2D eigenvalue weighted by Crippen LogP contribution is 2.19. The number of carbonyl (C=O) groups excluding carboxylic acids is 1. The summed E-state index contributed by atoms with van der Waals surface area (Å²) in [6.07, 6.45) is 0. The third-order valence-corrected chi connectivity index (χ3v) is 3.06. The summed E-state index contributed by atoms with van der Waals surface area (Å²) in [5.74, 6) is -0.193. The molecule has 0 spiro atoms. The molecular formula is C15H21N3O. The van der Waals surface area contributed by atoms with Crippen LogP contribution in [0.25, 0.3) is 0 Å². The molecule has 0 fully saturated rings. The van der Waals surface area contributed by atoms with Crippen molar-refractivity contribution in [2.45, 2.75) is 20.8 Å². The third-order valence-electron chi connectivity index (χ3n) is 3.06. The van der Waals surface area contributed by atoms with Crippen LogP contribution >= 0.6 is 0 Å². The molecule has 1 unspecified atom stereocenters. The van der Waals surface area contributed by atoms with E-state index in [4.69, 9.17) is 5.26 Å². The molecule has 1 atom stereocenters. The zero-order valence-electron chi connectivity index (χ0n) is 12.0. The molecule has 0 bridgehead atoms. The van der Waals surface area contributed by atoms with Gasteiger partial charge in [-0.1, -0.05) is 6.07 Å². The highest BCUT2D eigenvalue weighted by Gasteiger charge is 2.19. The Balaban J connectivity index is 3.01. The lowest BCUT2D eigenvalue weighted by Crippen LogP contribution is -2.34. The van der Waals surface area contributed by atoms with Gasteiger partial charge in [0.1, 0.15) is 0 Å². The molecule has 1 rings (SSSR count). The molecule has 0 aliphatic rings. The lowest BCUT2D eigenvalue weighted by molar-refractivity contribution is 0.0753. The van der Waals surface area contributed by atoms with Gasteiger partial charge in [-0.3, -0.25) is 4.79 Å². The van der Waals surface area contributed by atoms with E-state index in [1.165, 1.54) is 0 Å². The summed E-state index contributed by atoms with van der Waals surface area (Å²) >= 11 is 0. The van der Waals surface area contributed by atoms with Crippen molar-refractivity contribution in [2.24, 2.45) is 5.92 Å². The molecule has 0 aromatic heterocycles. The Hall–Kier alpha value is -2.02. The molecule has 1 aromatic carbocycles. The standard InChI is InChI=1S/C15H21N3O/c1-5-18(10-12(3)9-16)15(19)13-7-6-11(2)8-14(13)17-4/h6-8,12,17H,5,10H2,1-4H3. The zero-order chi connectivity index (χ0) is 14.4. The summed E-state index contributed by atoms with van der Waals surface area (Å²) in [4.78, 5) is 14.2. The zero-order valence-corrected chi connectivity index (χ0v) is 12.0. The summed E-state index contributed by atoms with van der Waals surface area (Å²) in [7, 11) is 1.81. The van der Waals surface area contributed by atoms with E-state index in [0.29, 0.717) is 18.7 Å². The van der Waals surface area contributed by atoms with Crippen LogP contribution in [0.2, 0.25) is 0 Å². The Kier molecular flexibility index (Phi) is 5.37. The largest absolute Gasteiger partial charge is 0.387 e. The van der Waals surface area contributed by atoms with Crippen LogP contribution in [0.15, 0.2) is 18.2 Å². The summed E-state index contributed by atoms with van der Waals surface area (Å²) < 4.78 is 0. The molecule has 0 aliphatic heterocycles. The molecule has 4 heteroatoms. The molecule has 0 heterocycles. The van der Waals surface area contributed by atoms with Crippen LogP contribution in [-0.2, 0) is 0 Å². The van der Waals surface area contributed by atoms with Gasteiger partial charge in [-0.2, -0.15) is 5.26 Å². The first-order chi connectivity index (χ1) is 9.03. The first-order valence-electron chi connectivity index (χ1n) is 6.50. The van der Waals surface area contributed by atoms with Crippen molar-refractivity contribution >= 4 is 11.6 Å². The number of anilines is 1. The average Bonchev–Trinajstić information content (AvgIpc) is 2.43. The van der Waals surface area contributed by atoms with E-state index in [2.05, 4.69) is 11.4 Å². The molecule has 102 valence electrons. The lowest BCUT2D eigenvalue weighted by Gasteiger charge is -2.23. The quantitative estimate of drug-likeness (QED) is 0.884. The van der Waals surface area contributed by atoms with Gasteiger partial charge in [-0.15, -0.1) is 0 Å². The normalized spacial score (nSPS) is 11.5. The van der Waals surface area contributed by atoms with Crippen LogP contribution in [0.4, 0.5) is 5.69 Å². The number of rotatable bonds is 5. The van der Waals surface area contributed by atoms with Crippen molar-refractivity contribution < 1.29 is 4.79 Å². The van der Waals surface area contributed by atoms with Crippen molar-refractivity contribution in [1.29, 1.82) is 5.26 Å². The Morgan fingerprint density at radius 1 is 1.53 bits per heavy atom. The topological polar surface area (TPSA) is 56.1 Å². The minimum absolute atomic E-state index is 0.0334.